The highest BCUT2D eigenvalue weighted by atomic mass is 17.1. The number of nitrogens with one attached hydrogen (secondary N) is 1. The van der Waals surface area contributed by atoms with Gasteiger partial charge in [0.05, 0.1) is 12.6 Å². The molecule has 0 saturated heterocycles. The van der Waals surface area contributed by atoms with Gasteiger partial charge in [-0.05, 0) is 17.3 Å². The van der Waals surface area contributed by atoms with Crippen molar-refractivity contribution >= 4 is 6.09 Å². The van der Waals surface area contributed by atoms with Gasteiger partial charge in [-0.3, -0.25) is 5.26 Å². The zero-order chi connectivity index (χ0) is 15.8. The lowest BCUT2D eigenvalue weighted by Gasteiger charge is -2.30. The van der Waals surface area contributed by atoms with Gasteiger partial charge in [0.1, 0.15) is 6.61 Å². The summed E-state index contributed by atoms with van der Waals surface area (Å²) in [7, 11) is 0. The molecule has 116 valence electrons. The van der Waals surface area contributed by atoms with E-state index < -0.39 is 6.09 Å². The van der Waals surface area contributed by atoms with Gasteiger partial charge in [-0.25, -0.2) is 9.68 Å². The molecule has 0 aliphatic rings. The summed E-state index contributed by atoms with van der Waals surface area (Å²) in [6, 6.07) is -0.339. The number of carbonyl (C=O) groups is 1. The third kappa shape index (κ3) is 8.03. The average molecular weight is 285 g/mol. The van der Waals surface area contributed by atoms with Crippen LogP contribution >= 0.6 is 0 Å². The van der Waals surface area contributed by atoms with E-state index in [9.17, 15) is 4.79 Å². The Balaban J connectivity index is 4.31. The molecule has 0 fully saturated rings. The second-order valence-electron chi connectivity index (χ2n) is 6.80. The fraction of sp³-hybridized carbons (Fsp3) is 0.800. The van der Waals surface area contributed by atoms with Crippen LogP contribution < -0.4 is 5.32 Å². The van der Waals surface area contributed by atoms with Crippen molar-refractivity contribution in [1.82, 2.24) is 5.32 Å². The predicted octanol–water partition coefficient (Wildman–Crippen LogP) is 3.06. The van der Waals surface area contributed by atoms with Crippen molar-refractivity contribution in [3.8, 4) is 12.3 Å². The molecule has 0 saturated carbocycles. The summed E-state index contributed by atoms with van der Waals surface area (Å²) in [5.74, 6) is 2.58. The van der Waals surface area contributed by atoms with E-state index in [-0.39, 0.29) is 30.1 Å². The van der Waals surface area contributed by atoms with Gasteiger partial charge < -0.3 is 10.1 Å². The van der Waals surface area contributed by atoms with Gasteiger partial charge in [0.25, 0.3) is 0 Å². The minimum absolute atomic E-state index is 0.0130. The molecule has 0 rings (SSSR count). The maximum Gasteiger partial charge on any atom is 0.407 e. The molecule has 0 aliphatic carbocycles. The van der Waals surface area contributed by atoms with Crippen molar-refractivity contribution in [3.63, 3.8) is 0 Å². The lowest BCUT2D eigenvalue weighted by Crippen LogP contribution is -2.47. The molecule has 2 N–H and O–H groups in total. The van der Waals surface area contributed by atoms with Gasteiger partial charge >= 0.3 is 6.09 Å². The minimum Gasteiger partial charge on any atom is -0.449 e. The van der Waals surface area contributed by atoms with Crippen LogP contribution in [-0.2, 0) is 9.62 Å². The number of terminal acetylenes is 1. The van der Waals surface area contributed by atoms with Gasteiger partial charge in [-0.2, -0.15) is 0 Å². The zero-order valence-electron chi connectivity index (χ0n) is 13.2. The molecule has 0 aromatic heterocycles. The summed E-state index contributed by atoms with van der Waals surface area (Å²) < 4.78 is 5.22. The number of rotatable bonds is 7. The van der Waals surface area contributed by atoms with Gasteiger partial charge in [-0.15, -0.1) is 12.3 Å². The summed E-state index contributed by atoms with van der Waals surface area (Å²) in [6.45, 7) is 10.1. The van der Waals surface area contributed by atoms with Crippen molar-refractivity contribution < 1.29 is 19.7 Å². The second kappa shape index (κ2) is 8.13. The van der Waals surface area contributed by atoms with Crippen molar-refractivity contribution in [2.45, 2.75) is 53.5 Å². The fourth-order valence-corrected chi connectivity index (χ4v) is 1.51. The Morgan fingerprint density at radius 2 is 1.95 bits per heavy atom. The first kappa shape index (κ1) is 18.8. The highest BCUT2D eigenvalue weighted by molar-refractivity contribution is 5.67. The first-order chi connectivity index (χ1) is 9.12. The summed E-state index contributed by atoms with van der Waals surface area (Å²) >= 11 is 0. The number of hydrogen-bond donors (Lipinski definition) is 2. The lowest BCUT2D eigenvalue weighted by atomic mass is 9.87. The third-order valence-electron chi connectivity index (χ3n) is 3.12. The van der Waals surface area contributed by atoms with E-state index in [1.54, 1.807) is 0 Å². The number of ether oxygens (including phenoxy) is 1. The fourth-order valence-electron chi connectivity index (χ4n) is 1.51. The van der Waals surface area contributed by atoms with Crippen LogP contribution in [0.4, 0.5) is 4.79 Å². The first-order valence-electron chi connectivity index (χ1n) is 6.75. The molecule has 1 atom stereocenters. The Bertz CT molecular complexity index is 339. The molecule has 1 amide bonds. The number of amides is 1. The summed E-state index contributed by atoms with van der Waals surface area (Å²) in [5, 5.41) is 11.3. The van der Waals surface area contributed by atoms with Crippen molar-refractivity contribution in [2.75, 3.05) is 13.2 Å². The maximum atomic E-state index is 11.8. The molecule has 0 aromatic rings. The summed E-state index contributed by atoms with van der Waals surface area (Å²) in [5.41, 5.74) is -0.408. The lowest BCUT2D eigenvalue weighted by molar-refractivity contribution is -0.250. The van der Waals surface area contributed by atoms with Gasteiger partial charge in [0.15, 0.2) is 0 Å². The highest BCUT2D eigenvalue weighted by Gasteiger charge is 2.28. The van der Waals surface area contributed by atoms with E-state index in [2.05, 4.69) is 16.1 Å². The molecular weight excluding hydrogens is 258 g/mol. The first-order valence-corrected chi connectivity index (χ1v) is 6.75. The molecule has 20 heavy (non-hydrogen) atoms. The smallest absolute Gasteiger partial charge is 0.407 e. The van der Waals surface area contributed by atoms with Crippen molar-refractivity contribution in [3.05, 3.63) is 0 Å². The van der Waals surface area contributed by atoms with Crippen LogP contribution in [-0.4, -0.2) is 30.6 Å². The average Bonchev–Trinajstić information content (AvgIpc) is 2.32. The van der Waals surface area contributed by atoms with Crippen LogP contribution in [0.25, 0.3) is 0 Å². The van der Waals surface area contributed by atoms with Gasteiger partial charge in [0.2, 0.25) is 0 Å². The maximum absolute atomic E-state index is 11.8. The molecule has 0 unspecified atom stereocenters. The van der Waals surface area contributed by atoms with Gasteiger partial charge in [-0.1, -0.05) is 34.6 Å². The van der Waals surface area contributed by atoms with Crippen LogP contribution in [0, 0.1) is 23.2 Å². The molecule has 0 spiro atoms. The van der Waals surface area contributed by atoms with E-state index in [4.69, 9.17) is 16.4 Å². The molecule has 0 heterocycles. The van der Waals surface area contributed by atoms with Crippen molar-refractivity contribution in [1.29, 1.82) is 0 Å². The Kier molecular flexibility index (Phi) is 7.62. The van der Waals surface area contributed by atoms with E-state index in [0.717, 1.165) is 6.42 Å². The summed E-state index contributed by atoms with van der Waals surface area (Å²) in [4.78, 5) is 15.9. The van der Waals surface area contributed by atoms with E-state index in [0.29, 0.717) is 6.42 Å². The summed E-state index contributed by atoms with van der Waals surface area (Å²) in [6.07, 6.45) is 6.16. The topological polar surface area (TPSA) is 67.8 Å². The van der Waals surface area contributed by atoms with Crippen LogP contribution in [0.2, 0.25) is 0 Å². The Labute approximate surface area is 122 Å². The predicted molar refractivity (Wildman–Crippen MR) is 78.2 cm³/mol. The molecular formula is C15H27NO4. The van der Waals surface area contributed by atoms with Gasteiger partial charge in [0, 0.05) is 6.42 Å². The molecule has 5 heteroatoms. The third-order valence-corrected chi connectivity index (χ3v) is 3.12. The van der Waals surface area contributed by atoms with Crippen LogP contribution in [0.1, 0.15) is 47.5 Å². The SMILES string of the molecule is C#CCCC(C)(C)COC(=O)N[C@H](COO)C(C)(C)C. The molecule has 5 nitrogen and oxygen atoms in total. The molecule has 0 aromatic carbocycles. The zero-order valence-corrected chi connectivity index (χ0v) is 13.2. The number of hydrogen-bond acceptors (Lipinski definition) is 4. The number of carbonyl (C=O) groups excluding carboxylic acids is 1. The molecule has 0 radical (unpaired) electrons. The Hall–Kier alpha value is -1.25. The van der Waals surface area contributed by atoms with E-state index >= 15 is 0 Å². The van der Waals surface area contributed by atoms with E-state index in [1.807, 2.05) is 34.6 Å². The number of alkyl carbamates (subject to hydrolysis) is 1. The van der Waals surface area contributed by atoms with Crippen LogP contribution in [0.15, 0.2) is 0 Å². The second-order valence-corrected chi connectivity index (χ2v) is 6.80. The normalized spacial score (nSPS) is 13.4. The van der Waals surface area contributed by atoms with Crippen molar-refractivity contribution in [2.24, 2.45) is 10.8 Å². The molecule has 0 bridgehead atoms. The Morgan fingerprint density at radius 3 is 2.40 bits per heavy atom. The standard InChI is InChI=1S/C15H27NO4/c1-7-8-9-15(5,6)11-19-13(17)16-12(10-20-18)14(2,3)4/h1,12,18H,8-11H2,2-6H3,(H,16,17)/t12-/m1/s1. The quantitative estimate of drug-likeness (QED) is 0.428. The highest BCUT2D eigenvalue weighted by Crippen LogP contribution is 2.23. The van der Waals surface area contributed by atoms with Crippen LogP contribution in [0.3, 0.4) is 0 Å². The largest absolute Gasteiger partial charge is 0.449 e. The van der Waals surface area contributed by atoms with E-state index in [1.165, 1.54) is 0 Å². The Morgan fingerprint density at radius 1 is 1.35 bits per heavy atom. The minimum atomic E-state index is -0.518. The monoisotopic (exact) mass is 285 g/mol. The van der Waals surface area contributed by atoms with Crippen LogP contribution in [0.5, 0.6) is 0 Å². The molecule has 0 aliphatic heterocycles.